The lowest BCUT2D eigenvalue weighted by molar-refractivity contribution is -0.0436. The molecule has 0 spiro atoms. The summed E-state index contributed by atoms with van der Waals surface area (Å²) in [6, 6.07) is 5.24. The molecule has 1 amide bonds. The maximum atomic E-state index is 12.8. The van der Waals surface area contributed by atoms with Gasteiger partial charge in [-0.1, -0.05) is 0 Å². The molecule has 34 heavy (non-hydrogen) atoms. The van der Waals surface area contributed by atoms with Crippen LogP contribution in [0, 0.1) is 0 Å². The Kier molecular flexibility index (Phi) is 6.23. The number of halogens is 3. The first kappa shape index (κ1) is 23.6. The highest BCUT2D eigenvalue weighted by Crippen LogP contribution is 2.32. The molecule has 1 aliphatic heterocycles. The number of carbonyl (C=O) groups is 1. The van der Waals surface area contributed by atoms with Crippen molar-refractivity contribution in [1.82, 2.24) is 15.0 Å². The fourth-order valence-electron chi connectivity index (χ4n) is 3.47. The highest BCUT2D eigenvalue weighted by molar-refractivity contribution is 7.92. The van der Waals surface area contributed by atoms with E-state index >= 15 is 0 Å². The highest BCUT2D eigenvalue weighted by Gasteiger charge is 2.46. The minimum absolute atomic E-state index is 0.0995. The predicted molar refractivity (Wildman–Crippen MR) is 116 cm³/mol. The fraction of sp³-hybridized carbons (Fsp3) is 0.238. The van der Waals surface area contributed by atoms with Crippen LogP contribution in [-0.2, 0) is 9.84 Å². The molecule has 1 aliphatic rings. The van der Waals surface area contributed by atoms with Gasteiger partial charge in [-0.15, -0.1) is 0 Å². The van der Waals surface area contributed by atoms with E-state index < -0.39 is 32.3 Å². The smallest absolute Gasteiger partial charge is 0.391 e. The van der Waals surface area contributed by atoms with Gasteiger partial charge < -0.3 is 15.3 Å². The van der Waals surface area contributed by atoms with E-state index in [4.69, 9.17) is 0 Å². The third-order valence-corrected chi connectivity index (χ3v) is 6.69. The van der Waals surface area contributed by atoms with Crippen molar-refractivity contribution in [2.45, 2.75) is 22.9 Å². The van der Waals surface area contributed by atoms with Gasteiger partial charge in [-0.05, 0) is 36.8 Å². The van der Waals surface area contributed by atoms with Crippen LogP contribution in [0.4, 0.5) is 24.7 Å². The summed E-state index contributed by atoms with van der Waals surface area (Å²) in [7, 11) is -5.48. The molecule has 1 unspecified atom stereocenters. The average molecular weight is 493 g/mol. The van der Waals surface area contributed by atoms with E-state index in [2.05, 4.69) is 20.3 Å². The van der Waals surface area contributed by atoms with E-state index in [1.807, 2.05) is 4.90 Å². The number of hydrogen-bond donors (Lipinski definition) is 2. The topological polar surface area (TPSA) is 125 Å². The summed E-state index contributed by atoms with van der Waals surface area (Å²) in [5.74, 6) is -0.0605. The first-order chi connectivity index (χ1) is 16.1. The number of aliphatic hydroxyl groups is 1. The first-order valence-electron chi connectivity index (χ1n) is 9.97. The van der Waals surface area contributed by atoms with Crippen LogP contribution in [0.15, 0.2) is 60.1 Å². The normalized spacial score (nSPS) is 16.5. The predicted octanol–water partition coefficient (Wildman–Crippen LogP) is 2.66. The number of benzene rings is 1. The third kappa shape index (κ3) is 4.70. The Hall–Kier alpha value is -3.58. The molecule has 178 valence electrons. The Morgan fingerprint density at radius 2 is 1.79 bits per heavy atom. The van der Waals surface area contributed by atoms with Gasteiger partial charge >= 0.3 is 5.51 Å². The molecule has 2 N–H and O–H groups in total. The molecule has 4 rings (SSSR count). The molecule has 0 saturated carbocycles. The Labute approximate surface area is 192 Å². The molecule has 1 fully saturated rings. The van der Waals surface area contributed by atoms with E-state index in [-0.39, 0.29) is 11.3 Å². The molecule has 1 saturated heterocycles. The molecule has 0 bridgehead atoms. The first-order valence-corrected chi connectivity index (χ1v) is 11.5. The second-order valence-electron chi connectivity index (χ2n) is 7.54. The van der Waals surface area contributed by atoms with Crippen molar-refractivity contribution in [3.05, 3.63) is 60.8 Å². The molecule has 3 aromatic rings. The van der Waals surface area contributed by atoms with Crippen LogP contribution < -0.4 is 10.2 Å². The monoisotopic (exact) mass is 493 g/mol. The van der Waals surface area contributed by atoms with Gasteiger partial charge in [0.15, 0.2) is 0 Å². The molecule has 13 heteroatoms. The number of nitrogens with zero attached hydrogens (tertiary/aromatic N) is 4. The molecular weight excluding hydrogens is 475 g/mol. The number of nitrogens with one attached hydrogen (secondary N) is 1. The molecule has 2 aromatic heterocycles. The molecule has 0 radical (unpaired) electrons. The molecule has 1 aromatic carbocycles. The number of alkyl halides is 3. The Bertz CT molecular complexity index is 1300. The number of amides is 1. The van der Waals surface area contributed by atoms with Gasteiger partial charge in [0.05, 0.1) is 16.6 Å². The lowest BCUT2D eigenvalue weighted by atomic mass is 10.1. The van der Waals surface area contributed by atoms with E-state index in [1.165, 1.54) is 12.5 Å². The van der Waals surface area contributed by atoms with Crippen molar-refractivity contribution in [3.8, 4) is 11.1 Å². The van der Waals surface area contributed by atoms with Crippen LogP contribution in [-0.4, -0.2) is 59.1 Å². The van der Waals surface area contributed by atoms with E-state index in [1.54, 1.807) is 18.5 Å². The van der Waals surface area contributed by atoms with Crippen molar-refractivity contribution >= 4 is 27.2 Å². The van der Waals surface area contributed by atoms with E-state index in [0.717, 1.165) is 24.3 Å². The van der Waals surface area contributed by atoms with Crippen molar-refractivity contribution in [2.75, 3.05) is 23.3 Å². The standard InChI is InChI=1S/C21H18F3N5O4S/c22-21(23,24)34(32,33)17-3-1-15(2-4-17)28-20(31)13-7-18(14-8-25-12-26-9-14)19(27-10-13)29-6-5-16(30)11-29/h1-4,7-10,12,16,30H,5-6,11H2,(H,28,31). The number of rotatable bonds is 5. The molecule has 1 atom stereocenters. The number of sulfone groups is 1. The summed E-state index contributed by atoms with van der Waals surface area (Å²) < 4.78 is 61.1. The number of β-amino-alcohol motifs (C(OH)–C–C–N with tert-alkyl or cyclic N) is 1. The van der Waals surface area contributed by atoms with Gasteiger partial charge in [-0.3, -0.25) is 4.79 Å². The largest absolute Gasteiger partial charge is 0.501 e. The number of aromatic nitrogens is 3. The summed E-state index contributed by atoms with van der Waals surface area (Å²) >= 11 is 0. The molecule has 9 nitrogen and oxygen atoms in total. The number of aliphatic hydroxyl groups excluding tert-OH is 1. The maximum Gasteiger partial charge on any atom is 0.501 e. The summed E-state index contributed by atoms with van der Waals surface area (Å²) in [5, 5.41) is 12.4. The number of anilines is 2. The van der Waals surface area contributed by atoms with Crippen LogP contribution in [0.3, 0.4) is 0 Å². The zero-order valence-electron chi connectivity index (χ0n) is 17.4. The Morgan fingerprint density at radius 1 is 1.12 bits per heavy atom. The quantitative estimate of drug-likeness (QED) is 0.556. The van der Waals surface area contributed by atoms with Gasteiger partial charge in [0.2, 0.25) is 0 Å². The highest BCUT2D eigenvalue weighted by atomic mass is 32.2. The van der Waals surface area contributed by atoms with Crippen LogP contribution in [0.1, 0.15) is 16.8 Å². The minimum atomic E-state index is -5.48. The van der Waals surface area contributed by atoms with Gasteiger partial charge in [0.25, 0.3) is 15.7 Å². The SMILES string of the molecule is O=C(Nc1ccc(S(=O)(=O)C(F)(F)F)cc1)c1cnc(N2CCC(O)C2)c(-c2cncnc2)c1. The summed E-state index contributed by atoms with van der Waals surface area (Å²) in [4.78, 5) is 26.1. The summed E-state index contributed by atoms with van der Waals surface area (Å²) in [5.41, 5.74) is -4.01. The van der Waals surface area contributed by atoms with Crippen molar-refractivity contribution in [2.24, 2.45) is 0 Å². The maximum absolute atomic E-state index is 12.8. The van der Waals surface area contributed by atoms with Gasteiger partial charge in [0, 0.05) is 48.5 Å². The van der Waals surface area contributed by atoms with Crippen LogP contribution in [0.2, 0.25) is 0 Å². The summed E-state index contributed by atoms with van der Waals surface area (Å²) in [6.07, 6.45) is 5.90. The summed E-state index contributed by atoms with van der Waals surface area (Å²) in [6.45, 7) is 0.958. The zero-order valence-corrected chi connectivity index (χ0v) is 18.2. The fourth-order valence-corrected chi connectivity index (χ4v) is 4.23. The number of pyridine rings is 1. The van der Waals surface area contributed by atoms with Gasteiger partial charge in [0.1, 0.15) is 12.1 Å². The van der Waals surface area contributed by atoms with E-state index in [9.17, 15) is 31.5 Å². The average Bonchev–Trinajstić information content (AvgIpc) is 3.25. The lowest BCUT2D eigenvalue weighted by Gasteiger charge is -2.20. The molecular formula is C21H18F3N5O4S. The van der Waals surface area contributed by atoms with Gasteiger partial charge in [-0.25, -0.2) is 23.4 Å². The third-order valence-electron chi connectivity index (χ3n) is 5.19. The van der Waals surface area contributed by atoms with Gasteiger partial charge in [-0.2, -0.15) is 13.2 Å². The molecule has 0 aliphatic carbocycles. The molecule has 3 heterocycles. The zero-order chi connectivity index (χ0) is 24.5. The second-order valence-corrected chi connectivity index (χ2v) is 9.48. The number of carbonyl (C=O) groups excluding carboxylic acids is 1. The van der Waals surface area contributed by atoms with Crippen LogP contribution in [0.5, 0.6) is 0 Å². The Balaban J connectivity index is 1.60. The minimum Gasteiger partial charge on any atom is -0.391 e. The van der Waals surface area contributed by atoms with Crippen LogP contribution >= 0.6 is 0 Å². The number of hydrogen-bond acceptors (Lipinski definition) is 8. The van der Waals surface area contributed by atoms with Crippen LogP contribution in [0.25, 0.3) is 11.1 Å². The second kappa shape index (κ2) is 8.99. The Morgan fingerprint density at radius 3 is 2.38 bits per heavy atom. The van der Waals surface area contributed by atoms with E-state index in [0.29, 0.717) is 36.5 Å². The van der Waals surface area contributed by atoms with Crippen molar-refractivity contribution < 1.29 is 31.5 Å². The van der Waals surface area contributed by atoms with Crippen molar-refractivity contribution in [1.29, 1.82) is 0 Å². The lowest BCUT2D eigenvalue weighted by Crippen LogP contribution is -2.23. The van der Waals surface area contributed by atoms with Crippen molar-refractivity contribution in [3.63, 3.8) is 0 Å².